The standard InChI is InChI=1S/C19H25N3O/c1-4-16-9-5-6-10-17(16)14-22-19(20-2)21-13-15-8-7-11-18(12-15)23-3/h5-12H,4,13-14H2,1-3H3,(H2,20,21,22). The Hall–Kier alpha value is -2.49. The van der Waals surface area contributed by atoms with Crippen LogP contribution in [-0.4, -0.2) is 20.1 Å². The van der Waals surface area contributed by atoms with Gasteiger partial charge in [0.25, 0.3) is 0 Å². The summed E-state index contributed by atoms with van der Waals surface area (Å²) in [6.45, 7) is 3.64. The fourth-order valence-electron chi connectivity index (χ4n) is 2.44. The van der Waals surface area contributed by atoms with E-state index in [2.05, 4.69) is 52.9 Å². The summed E-state index contributed by atoms with van der Waals surface area (Å²) in [7, 11) is 3.46. The quantitative estimate of drug-likeness (QED) is 0.636. The number of hydrogen-bond donors (Lipinski definition) is 2. The molecule has 0 unspecified atom stereocenters. The zero-order valence-electron chi connectivity index (χ0n) is 14.1. The van der Waals surface area contributed by atoms with E-state index in [0.717, 1.165) is 30.2 Å². The first kappa shape index (κ1) is 16.9. The zero-order chi connectivity index (χ0) is 16.5. The lowest BCUT2D eigenvalue weighted by Crippen LogP contribution is -2.36. The molecule has 4 heteroatoms. The van der Waals surface area contributed by atoms with Gasteiger partial charge < -0.3 is 15.4 Å². The molecule has 2 aromatic rings. The highest BCUT2D eigenvalue weighted by Crippen LogP contribution is 2.12. The van der Waals surface area contributed by atoms with Gasteiger partial charge in [-0.05, 0) is 35.2 Å². The van der Waals surface area contributed by atoms with E-state index in [-0.39, 0.29) is 0 Å². The van der Waals surface area contributed by atoms with Crippen LogP contribution in [0.25, 0.3) is 0 Å². The van der Waals surface area contributed by atoms with Crippen molar-refractivity contribution >= 4 is 5.96 Å². The van der Waals surface area contributed by atoms with E-state index in [1.54, 1.807) is 14.2 Å². The molecular formula is C19H25N3O. The van der Waals surface area contributed by atoms with Gasteiger partial charge >= 0.3 is 0 Å². The molecule has 2 aromatic carbocycles. The van der Waals surface area contributed by atoms with Crippen LogP contribution in [0.5, 0.6) is 5.75 Å². The van der Waals surface area contributed by atoms with Crippen molar-refractivity contribution in [1.29, 1.82) is 0 Å². The van der Waals surface area contributed by atoms with Crippen LogP contribution >= 0.6 is 0 Å². The lowest BCUT2D eigenvalue weighted by atomic mass is 10.1. The summed E-state index contributed by atoms with van der Waals surface area (Å²) in [6, 6.07) is 16.5. The van der Waals surface area contributed by atoms with E-state index < -0.39 is 0 Å². The van der Waals surface area contributed by atoms with Crippen molar-refractivity contribution in [3.05, 3.63) is 65.2 Å². The molecule has 0 atom stereocenters. The molecule has 0 heterocycles. The largest absolute Gasteiger partial charge is 0.497 e. The minimum atomic E-state index is 0.701. The molecule has 0 saturated carbocycles. The van der Waals surface area contributed by atoms with Gasteiger partial charge in [-0.25, -0.2) is 0 Å². The van der Waals surface area contributed by atoms with Gasteiger partial charge in [0.05, 0.1) is 7.11 Å². The summed E-state index contributed by atoms with van der Waals surface area (Å²) in [5, 5.41) is 6.69. The molecule has 2 N–H and O–H groups in total. The number of aryl methyl sites for hydroxylation is 1. The van der Waals surface area contributed by atoms with Gasteiger partial charge in [-0.3, -0.25) is 4.99 Å². The van der Waals surface area contributed by atoms with Gasteiger partial charge in [-0.15, -0.1) is 0 Å². The number of guanidine groups is 1. The molecule has 0 aliphatic carbocycles. The zero-order valence-corrected chi connectivity index (χ0v) is 14.1. The predicted octanol–water partition coefficient (Wildman–Crippen LogP) is 3.12. The first-order valence-electron chi connectivity index (χ1n) is 7.91. The second-order valence-electron chi connectivity index (χ2n) is 5.25. The first-order chi connectivity index (χ1) is 11.3. The summed E-state index contributed by atoms with van der Waals surface area (Å²) in [6.07, 6.45) is 1.04. The topological polar surface area (TPSA) is 45.7 Å². The number of rotatable bonds is 6. The average molecular weight is 311 g/mol. The summed E-state index contributed by atoms with van der Waals surface area (Å²) in [5.74, 6) is 1.66. The maximum absolute atomic E-state index is 5.25. The van der Waals surface area contributed by atoms with Crippen LogP contribution in [0.15, 0.2) is 53.5 Å². The molecule has 0 aliphatic heterocycles. The summed E-state index contributed by atoms with van der Waals surface area (Å²) in [4.78, 5) is 4.28. The van der Waals surface area contributed by atoms with E-state index in [1.807, 2.05) is 18.2 Å². The lowest BCUT2D eigenvalue weighted by Gasteiger charge is -2.14. The number of ether oxygens (including phenoxy) is 1. The van der Waals surface area contributed by atoms with Crippen molar-refractivity contribution in [3.63, 3.8) is 0 Å². The Morgan fingerprint density at radius 2 is 1.74 bits per heavy atom. The van der Waals surface area contributed by atoms with E-state index in [9.17, 15) is 0 Å². The average Bonchev–Trinajstić information content (AvgIpc) is 2.62. The van der Waals surface area contributed by atoms with Crippen LogP contribution in [0.2, 0.25) is 0 Å². The van der Waals surface area contributed by atoms with Gasteiger partial charge in [0.15, 0.2) is 5.96 Å². The van der Waals surface area contributed by atoms with Crippen LogP contribution in [0, 0.1) is 0 Å². The normalized spacial score (nSPS) is 11.2. The highest BCUT2D eigenvalue weighted by molar-refractivity contribution is 5.79. The molecule has 0 radical (unpaired) electrons. The highest BCUT2D eigenvalue weighted by atomic mass is 16.5. The SMILES string of the molecule is CCc1ccccc1CNC(=NC)NCc1cccc(OC)c1. The van der Waals surface area contributed by atoms with Crippen LogP contribution in [0.3, 0.4) is 0 Å². The predicted molar refractivity (Wildman–Crippen MR) is 95.9 cm³/mol. The van der Waals surface area contributed by atoms with Crippen molar-refractivity contribution in [2.24, 2.45) is 4.99 Å². The Morgan fingerprint density at radius 1 is 1.00 bits per heavy atom. The van der Waals surface area contributed by atoms with E-state index >= 15 is 0 Å². The summed E-state index contributed by atoms with van der Waals surface area (Å²) in [5.41, 5.74) is 3.82. The maximum Gasteiger partial charge on any atom is 0.191 e. The van der Waals surface area contributed by atoms with Crippen LogP contribution in [0.4, 0.5) is 0 Å². The highest BCUT2D eigenvalue weighted by Gasteiger charge is 2.03. The minimum absolute atomic E-state index is 0.701. The third-order valence-electron chi connectivity index (χ3n) is 3.76. The second-order valence-corrected chi connectivity index (χ2v) is 5.25. The molecule has 0 saturated heterocycles. The molecule has 0 amide bonds. The second kappa shape index (κ2) is 8.83. The molecule has 0 fully saturated rings. The third kappa shape index (κ3) is 5.02. The fraction of sp³-hybridized carbons (Fsp3) is 0.316. The summed E-state index contributed by atoms with van der Waals surface area (Å²) < 4.78 is 5.25. The smallest absolute Gasteiger partial charge is 0.191 e. The minimum Gasteiger partial charge on any atom is -0.497 e. The van der Waals surface area contributed by atoms with Gasteiger partial charge in [-0.1, -0.05) is 43.3 Å². The molecule has 23 heavy (non-hydrogen) atoms. The number of nitrogens with one attached hydrogen (secondary N) is 2. The molecular weight excluding hydrogens is 286 g/mol. The molecule has 2 rings (SSSR count). The van der Waals surface area contributed by atoms with Gasteiger partial charge in [0.1, 0.15) is 5.75 Å². The van der Waals surface area contributed by atoms with Crippen LogP contribution < -0.4 is 15.4 Å². The number of benzene rings is 2. The van der Waals surface area contributed by atoms with Crippen molar-refractivity contribution < 1.29 is 4.74 Å². The Kier molecular flexibility index (Phi) is 6.48. The van der Waals surface area contributed by atoms with Crippen molar-refractivity contribution in [1.82, 2.24) is 10.6 Å². The van der Waals surface area contributed by atoms with E-state index in [1.165, 1.54) is 11.1 Å². The Labute approximate surface area is 138 Å². The van der Waals surface area contributed by atoms with Gasteiger partial charge in [-0.2, -0.15) is 0 Å². The van der Waals surface area contributed by atoms with Gasteiger partial charge in [0, 0.05) is 20.1 Å². The molecule has 0 spiro atoms. The molecule has 0 aromatic heterocycles. The first-order valence-corrected chi connectivity index (χ1v) is 7.91. The molecule has 4 nitrogen and oxygen atoms in total. The van der Waals surface area contributed by atoms with E-state index in [4.69, 9.17) is 4.74 Å². The van der Waals surface area contributed by atoms with Crippen LogP contribution in [-0.2, 0) is 19.5 Å². The lowest BCUT2D eigenvalue weighted by molar-refractivity contribution is 0.414. The molecule has 0 bridgehead atoms. The summed E-state index contributed by atoms with van der Waals surface area (Å²) >= 11 is 0. The number of methoxy groups -OCH3 is 1. The fourth-order valence-corrected chi connectivity index (χ4v) is 2.44. The molecule has 0 aliphatic rings. The van der Waals surface area contributed by atoms with Crippen LogP contribution in [0.1, 0.15) is 23.6 Å². The Morgan fingerprint density at radius 3 is 2.43 bits per heavy atom. The van der Waals surface area contributed by atoms with Gasteiger partial charge in [0.2, 0.25) is 0 Å². The number of nitrogens with zero attached hydrogens (tertiary/aromatic N) is 1. The van der Waals surface area contributed by atoms with E-state index in [0.29, 0.717) is 6.54 Å². The maximum atomic E-state index is 5.25. The monoisotopic (exact) mass is 311 g/mol. The van der Waals surface area contributed by atoms with Crippen molar-refractivity contribution in [2.45, 2.75) is 26.4 Å². The Bertz CT molecular complexity index is 653. The number of hydrogen-bond acceptors (Lipinski definition) is 2. The third-order valence-corrected chi connectivity index (χ3v) is 3.76. The van der Waals surface area contributed by atoms with Crippen molar-refractivity contribution in [3.8, 4) is 5.75 Å². The molecule has 122 valence electrons. The Balaban J connectivity index is 1.90. The van der Waals surface area contributed by atoms with Crippen molar-refractivity contribution in [2.75, 3.05) is 14.2 Å². The number of aliphatic imine (C=N–C) groups is 1.